The van der Waals surface area contributed by atoms with Crippen molar-refractivity contribution in [3.63, 3.8) is 0 Å². The maximum atomic E-state index is 11.8. The molecule has 1 heterocycles. The molecule has 21 heavy (non-hydrogen) atoms. The first kappa shape index (κ1) is 17.0. The number of carbonyl (C=O) groups is 2. The Balaban J connectivity index is 2.62. The van der Waals surface area contributed by atoms with Crippen LogP contribution in [0.2, 0.25) is 0 Å². The van der Waals surface area contributed by atoms with Crippen molar-refractivity contribution in [1.29, 1.82) is 0 Å². The van der Waals surface area contributed by atoms with Gasteiger partial charge >= 0.3 is 6.09 Å². The van der Waals surface area contributed by atoms with Crippen molar-refractivity contribution in [3.05, 3.63) is 18.2 Å². The summed E-state index contributed by atoms with van der Waals surface area (Å²) >= 11 is 0. The minimum absolute atomic E-state index is 0.0394. The van der Waals surface area contributed by atoms with Gasteiger partial charge in [-0.1, -0.05) is 0 Å². The molecule has 1 aromatic rings. The molecule has 0 spiro atoms. The fraction of sp³-hybridized carbons (Fsp3) is 0.643. The number of hydrogen-bond donors (Lipinski definition) is 2. The molecule has 0 saturated carbocycles. The van der Waals surface area contributed by atoms with Crippen LogP contribution in [-0.4, -0.2) is 34.2 Å². The SMILES string of the molecule is CNC(=O)CCn1cncc1[C@@H](C)NC(=O)OC(C)(C)C. The lowest BCUT2D eigenvalue weighted by Gasteiger charge is -2.22. The van der Waals surface area contributed by atoms with Gasteiger partial charge < -0.3 is 19.9 Å². The molecule has 0 aromatic carbocycles. The fourth-order valence-electron chi connectivity index (χ4n) is 1.78. The van der Waals surface area contributed by atoms with Crippen molar-refractivity contribution < 1.29 is 14.3 Å². The van der Waals surface area contributed by atoms with E-state index in [1.807, 2.05) is 32.3 Å². The molecule has 118 valence electrons. The second kappa shape index (κ2) is 7.10. The molecule has 0 aliphatic rings. The molecule has 0 fully saturated rings. The first-order valence-electron chi connectivity index (χ1n) is 6.93. The van der Waals surface area contributed by atoms with Crippen LogP contribution >= 0.6 is 0 Å². The summed E-state index contributed by atoms with van der Waals surface area (Å²) in [5.74, 6) is -0.0394. The van der Waals surface area contributed by atoms with Crippen LogP contribution in [0.25, 0.3) is 0 Å². The lowest BCUT2D eigenvalue weighted by Crippen LogP contribution is -2.34. The second-order valence-electron chi connectivity index (χ2n) is 5.80. The zero-order chi connectivity index (χ0) is 16.0. The summed E-state index contributed by atoms with van der Waals surface area (Å²) in [5, 5.41) is 5.33. The van der Waals surface area contributed by atoms with Crippen LogP contribution in [0, 0.1) is 0 Å². The molecular weight excluding hydrogens is 272 g/mol. The normalized spacial score (nSPS) is 12.6. The van der Waals surface area contributed by atoms with Crippen molar-refractivity contribution in [2.45, 2.75) is 52.3 Å². The van der Waals surface area contributed by atoms with Crippen molar-refractivity contribution in [2.24, 2.45) is 0 Å². The van der Waals surface area contributed by atoms with Gasteiger partial charge in [0.05, 0.1) is 24.3 Å². The maximum absolute atomic E-state index is 11.8. The number of amides is 2. The van der Waals surface area contributed by atoms with Crippen LogP contribution in [0.1, 0.15) is 45.9 Å². The van der Waals surface area contributed by atoms with Gasteiger partial charge in [0, 0.05) is 20.0 Å². The largest absolute Gasteiger partial charge is 0.444 e. The number of ether oxygens (including phenoxy) is 1. The van der Waals surface area contributed by atoms with Crippen molar-refractivity contribution in [1.82, 2.24) is 20.2 Å². The average Bonchev–Trinajstić information content (AvgIpc) is 2.81. The predicted octanol–water partition coefficient (Wildman–Crippen LogP) is 1.60. The molecule has 0 aliphatic carbocycles. The summed E-state index contributed by atoms with van der Waals surface area (Å²) in [6.07, 6.45) is 3.20. The van der Waals surface area contributed by atoms with E-state index < -0.39 is 11.7 Å². The van der Waals surface area contributed by atoms with Crippen LogP contribution in [-0.2, 0) is 16.1 Å². The van der Waals surface area contributed by atoms with E-state index in [1.165, 1.54) is 0 Å². The van der Waals surface area contributed by atoms with E-state index >= 15 is 0 Å². The lowest BCUT2D eigenvalue weighted by molar-refractivity contribution is -0.120. The van der Waals surface area contributed by atoms with Crippen LogP contribution in [0.5, 0.6) is 0 Å². The van der Waals surface area contributed by atoms with Gasteiger partial charge in [-0.2, -0.15) is 0 Å². The quantitative estimate of drug-likeness (QED) is 0.864. The van der Waals surface area contributed by atoms with Gasteiger partial charge in [-0.25, -0.2) is 9.78 Å². The highest BCUT2D eigenvalue weighted by Gasteiger charge is 2.20. The zero-order valence-electron chi connectivity index (χ0n) is 13.3. The number of alkyl carbamates (subject to hydrolysis) is 1. The molecule has 1 atom stereocenters. The summed E-state index contributed by atoms with van der Waals surface area (Å²) in [7, 11) is 1.60. The van der Waals surface area contributed by atoms with Crippen molar-refractivity contribution in [3.8, 4) is 0 Å². The highest BCUT2D eigenvalue weighted by molar-refractivity contribution is 5.75. The summed E-state index contributed by atoms with van der Waals surface area (Å²) < 4.78 is 7.06. The summed E-state index contributed by atoms with van der Waals surface area (Å²) in [6, 6.07) is -0.257. The predicted molar refractivity (Wildman–Crippen MR) is 78.7 cm³/mol. The smallest absolute Gasteiger partial charge is 0.408 e. The molecule has 0 unspecified atom stereocenters. The summed E-state index contributed by atoms with van der Waals surface area (Å²) in [4.78, 5) is 27.1. The maximum Gasteiger partial charge on any atom is 0.408 e. The molecule has 7 nitrogen and oxygen atoms in total. The van der Waals surface area contributed by atoms with E-state index in [0.717, 1.165) is 5.69 Å². The number of rotatable bonds is 5. The van der Waals surface area contributed by atoms with Crippen LogP contribution in [0.3, 0.4) is 0 Å². The molecule has 0 saturated heterocycles. The molecule has 0 radical (unpaired) electrons. The third-order valence-corrected chi connectivity index (χ3v) is 2.78. The van der Waals surface area contributed by atoms with Gasteiger partial charge in [0.25, 0.3) is 0 Å². The number of aryl methyl sites for hydroxylation is 1. The minimum Gasteiger partial charge on any atom is -0.444 e. The van der Waals surface area contributed by atoms with Gasteiger partial charge in [0.2, 0.25) is 5.91 Å². The highest BCUT2D eigenvalue weighted by atomic mass is 16.6. The van der Waals surface area contributed by atoms with Gasteiger partial charge in [-0.3, -0.25) is 4.79 Å². The Kier molecular flexibility index (Phi) is 5.75. The van der Waals surface area contributed by atoms with Gasteiger partial charge in [-0.15, -0.1) is 0 Å². The standard InChI is InChI=1S/C14H24N4O3/c1-10(17-13(20)21-14(2,3)4)11-8-16-9-18(11)7-6-12(19)15-5/h8-10H,6-7H2,1-5H3,(H,15,19)(H,17,20)/t10-/m1/s1. The average molecular weight is 296 g/mol. The Bertz CT molecular complexity index is 491. The Hall–Kier alpha value is -2.05. The number of imidazole rings is 1. The number of nitrogens with one attached hydrogen (secondary N) is 2. The molecule has 0 bridgehead atoms. The molecule has 2 amide bonds. The van der Waals surface area contributed by atoms with Crippen LogP contribution in [0.15, 0.2) is 12.5 Å². The monoisotopic (exact) mass is 296 g/mol. The Morgan fingerprint density at radius 2 is 2.10 bits per heavy atom. The third kappa shape index (κ3) is 5.85. The van der Waals surface area contributed by atoms with Crippen LogP contribution < -0.4 is 10.6 Å². The zero-order valence-corrected chi connectivity index (χ0v) is 13.3. The van der Waals surface area contributed by atoms with E-state index in [4.69, 9.17) is 4.74 Å². The molecular formula is C14H24N4O3. The van der Waals surface area contributed by atoms with Gasteiger partial charge in [0.15, 0.2) is 0 Å². The number of carbonyl (C=O) groups excluding carboxylic acids is 2. The molecule has 1 aromatic heterocycles. The Morgan fingerprint density at radius 3 is 2.67 bits per heavy atom. The molecule has 0 aliphatic heterocycles. The highest BCUT2D eigenvalue weighted by Crippen LogP contribution is 2.14. The van der Waals surface area contributed by atoms with Crippen molar-refractivity contribution in [2.75, 3.05) is 7.05 Å². The van der Waals surface area contributed by atoms with Gasteiger partial charge in [0.1, 0.15) is 5.60 Å². The topological polar surface area (TPSA) is 85.3 Å². The second-order valence-corrected chi connectivity index (χ2v) is 5.80. The number of aromatic nitrogens is 2. The van der Waals surface area contributed by atoms with E-state index in [9.17, 15) is 9.59 Å². The molecule has 7 heteroatoms. The molecule has 1 rings (SSSR count). The van der Waals surface area contributed by atoms with Crippen molar-refractivity contribution >= 4 is 12.0 Å². The number of nitrogens with zero attached hydrogens (tertiary/aromatic N) is 2. The molecule has 2 N–H and O–H groups in total. The number of hydrogen-bond acceptors (Lipinski definition) is 4. The summed E-state index contributed by atoms with van der Waals surface area (Å²) in [6.45, 7) is 7.78. The summed E-state index contributed by atoms with van der Waals surface area (Å²) in [5.41, 5.74) is 0.285. The first-order chi connectivity index (χ1) is 9.73. The minimum atomic E-state index is -0.538. The van der Waals surface area contributed by atoms with E-state index in [1.54, 1.807) is 19.6 Å². The van der Waals surface area contributed by atoms with E-state index in [2.05, 4.69) is 15.6 Å². The first-order valence-corrected chi connectivity index (χ1v) is 6.93. The fourth-order valence-corrected chi connectivity index (χ4v) is 1.78. The van der Waals surface area contributed by atoms with Gasteiger partial charge in [-0.05, 0) is 27.7 Å². The Morgan fingerprint density at radius 1 is 1.43 bits per heavy atom. The van der Waals surface area contributed by atoms with E-state index in [-0.39, 0.29) is 11.9 Å². The Labute approximate surface area is 125 Å². The lowest BCUT2D eigenvalue weighted by atomic mass is 10.2. The third-order valence-electron chi connectivity index (χ3n) is 2.78. The van der Waals surface area contributed by atoms with E-state index in [0.29, 0.717) is 13.0 Å². The van der Waals surface area contributed by atoms with Crippen LogP contribution in [0.4, 0.5) is 4.79 Å².